The van der Waals surface area contributed by atoms with E-state index in [1.165, 1.54) is 0 Å². The molecular weight excluding hydrogens is 362 g/mol. The van der Waals surface area contributed by atoms with Crippen LogP contribution in [-0.4, -0.2) is 19.6 Å². The third-order valence-electron chi connectivity index (χ3n) is 4.66. The van der Waals surface area contributed by atoms with E-state index in [4.69, 9.17) is 15.0 Å². The SMILES string of the molecule is N#Cc1ccc(OCc2cccc(-c3nc4c5ccccc5ncn4n3)c2)cc1. The van der Waals surface area contributed by atoms with Crippen LogP contribution in [0.2, 0.25) is 0 Å². The van der Waals surface area contributed by atoms with Crippen LogP contribution in [-0.2, 0) is 6.61 Å². The molecule has 0 unspecified atom stereocenters. The van der Waals surface area contributed by atoms with E-state index in [0.717, 1.165) is 33.4 Å². The van der Waals surface area contributed by atoms with Crippen LogP contribution in [0.5, 0.6) is 5.75 Å². The van der Waals surface area contributed by atoms with Crippen LogP contribution in [0, 0.1) is 11.3 Å². The highest BCUT2D eigenvalue weighted by Gasteiger charge is 2.10. The molecule has 6 nitrogen and oxygen atoms in total. The molecule has 0 amide bonds. The number of para-hydroxylation sites is 1. The Morgan fingerprint density at radius 2 is 1.83 bits per heavy atom. The van der Waals surface area contributed by atoms with Gasteiger partial charge in [0.25, 0.3) is 0 Å². The van der Waals surface area contributed by atoms with Crippen molar-refractivity contribution in [3.63, 3.8) is 0 Å². The van der Waals surface area contributed by atoms with Gasteiger partial charge >= 0.3 is 0 Å². The minimum absolute atomic E-state index is 0.414. The summed E-state index contributed by atoms with van der Waals surface area (Å²) in [6.45, 7) is 0.414. The van der Waals surface area contributed by atoms with Gasteiger partial charge in [-0.25, -0.2) is 14.5 Å². The van der Waals surface area contributed by atoms with Crippen molar-refractivity contribution in [3.8, 4) is 23.2 Å². The van der Waals surface area contributed by atoms with Crippen molar-refractivity contribution in [2.24, 2.45) is 0 Å². The van der Waals surface area contributed by atoms with Crippen LogP contribution in [0.4, 0.5) is 0 Å². The van der Waals surface area contributed by atoms with Gasteiger partial charge in [0, 0.05) is 10.9 Å². The van der Waals surface area contributed by atoms with Crippen molar-refractivity contribution in [1.29, 1.82) is 5.26 Å². The summed E-state index contributed by atoms with van der Waals surface area (Å²) in [6, 6.07) is 25.0. The predicted molar refractivity (Wildman–Crippen MR) is 109 cm³/mol. The number of rotatable bonds is 4. The molecule has 0 spiro atoms. The Balaban J connectivity index is 1.43. The van der Waals surface area contributed by atoms with Crippen molar-refractivity contribution in [2.45, 2.75) is 6.61 Å². The second-order valence-electron chi connectivity index (χ2n) is 6.59. The van der Waals surface area contributed by atoms with Gasteiger partial charge in [0.1, 0.15) is 18.7 Å². The maximum Gasteiger partial charge on any atom is 0.182 e. The lowest BCUT2D eigenvalue weighted by molar-refractivity contribution is 0.306. The zero-order chi connectivity index (χ0) is 19.6. The number of nitriles is 1. The van der Waals surface area contributed by atoms with Gasteiger partial charge in [-0.15, -0.1) is 5.10 Å². The summed E-state index contributed by atoms with van der Waals surface area (Å²) < 4.78 is 7.54. The fraction of sp³-hybridized carbons (Fsp3) is 0.0435. The molecule has 2 heterocycles. The molecule has 0 radical (unpaired) electrons. The minimum Gasteiger partial charge on any atom is -0.489 e. The smallest absolute Gasteiger partial charge is 0.182 e. The lowest BCUT2D eigenvalue weighted by Crippen LogP contribution is -1.96. The number of benzene rings is 3. The average Bonchev–Trinajstić information content (AvgIpc) is 3.23. The molecule has 0 aliphatic carbocycles. The summed E-state index contributed by atoms with van der Waals surface area (Å²) in [5.41, 5.74) is 4.21. The zero-order valence-corrected chi connectivity index (χ0v) is 15.4. The first kappa shape index (κ1) is 16.9. The Hall–Kier alpha value is -4.24. The van der Waals surface area contributed by atoms with E-state index in [0.29, 0.717) is 18.0 Å². The van der Waals surface area contributed by atoms with E-state index in [9.17, 15) is 0 Å². The molecule has 2 aromatic heterocycles. The summed E-state index contributed by atoms with van der Waals surface area (Å²) in [4.78, 5) is 9.16. The summed E-state index contributed by atoms with van der Waals surface area (Å²) in [5.74, 6) is 1.36. The third-order valence-corrected chi connectivity index (χ3v) is 4.66. The van der Waals surface area contributed by atoms with Crippen molar-refractivity contribution in [2.75, 3.05) is 0 Å². The molecule has 0 fully saturated rings. The number of hydrogen-bond acceptors (Lipinski definition) is 5. The Bertz CT molecular complexity index is 1370. The molecule has 138 valence electrons. The van der Waals surface area contributed by atoms with Crippen LogP contribution in [0.1, 0.15) is 11.1 Å². The van der Waals surface area contributed by atoms with Crippen molar-refractivity contribution in [1.82, 2.24) is 19.6 Å². The van der Waals surface area contributed by atoms with E-state index in [1.54, 1.807) is 35.1 Å². The van der Waals surface area contributed by atoms with Crippen molar-refractivity contribution in [3.05, 3.63) is 90.3 Å². The summed E-state index contributed by atoms with van der Waals surface area (Å²) in [5, 5.41) is 14.4. The number of aromatic nitrogens is 4. The van der Waals surface area contributed by atoms with Crippen LogP contribution in [0.15, 0.2) is 79.1 Å². The third kappa shape index (κ3) is 3.26. The van der Waals surface area contributed by atoms with Gasteiger partial charge in [0.15, 0.2) is 11.5 Å². The minimum atomic E-state index is 0.414. The average molecular weight is 377 g/mol. The molecule has 0 aliphatic heterocycles. The molecule has 0 bridgehead atoms. The molecule has 0 saturated heterocycles. The first-order valence-electron chi connectivity index (χ1n) is 9.12. The number of fused-ring (bicyclic) bond motifs is 3. The van der Waals surface area contributed by atoms with Crippen LogP contribution in [0.25, 0.3) is 27.9 Å². The normalized spacial score (nSPS) is 10.9. The lowest BCUT2D eigenvalue weighted by atomic mass is 10.1. The van der Waals surface area contributed by atoms with Gasteiger partial charge in [-0.1, -0.05) is 30.3 Å². The van der Waals surface area contributed by atoms with Gasteiger partial charge in [0.2, 0.25) is 0 Å². The van der Waals surface area contributed by atoms with Crippen molar-refractivity contribution >= 4 is 16.6 Å². The first-order chi connectivity index (χ1) is 14.3. The highest BCUT2D eigenvalue weighted by Crippen LogP contribution is 2.22. The Morgan fingerprint density at radius 1 is 0.966 bits per heavy atom. The molecule has 0 atom stereocenters. The summed E-state index contributed by atoms with van der Waals surface area (Å²) >= 11 is 0. The Kier molecular flexibility index (Phi) is 4.11. The Labute approximate surface area is 166 Å². The first-order valence-corrected chi connectivity index (χ1v) is 9.12. The van der Waals surface area contributed by atoms with Gasteiger partial charge in [0.05, 0.1) is 17.1 Å². The van der Waals surface area contributed by atoms with Crippen LogP contribution >= 0.6 is 0 Å². The quantitative estimate of drug-likeness (QED) is 0.464. The molecule has 5 rings (SSSR count). The topological polar surface area (TPSA) is 76.1 Å². The van der Waals surface area contributed by atoms with E-state index in [1.807, 2.05) is 48.5 Å². The fourth-order valence-electron chi connectivity index (χ4n) is 3.19. The zero-order valence-electron chi connectivity index (χ0n) is 15.4. The standard InChI is InChI=1S/C23H15N5O/c24-13-16-8-10-19(11-9-16)29-14-17-4-3-5-18(12-17)22-26-23-20-6-1-2-7-21(20)25-15-28(23)27-22/h1-12,15H,14H2. The molecular formula is C23H15N5O. The van der Waals surface area contributed by atoms with E-state index in [-0.39, 0.29) is 0 Å². The molecule has 3 aromatic carbocycles. The predicted octanol–water partition coefficient (Wildman–Crippen LogP) is 4.40. The largest absolute Gasteiger partial charge is 0.489 e. The molecule has 0 aliphatic rings. The molecule has 0 N–H and O–H groups in total. The highest BCUT2D eigenvalue weighted by molar-refractivity contribution is 5.91. The second kappa shape index (κ2) is 7.06. The fourth-order valence-corrected chi connectivity index (χ4v) is 3.19. The van der Waals surface area contributed by atoms with Gasteiger partial charge in [-0.05, 0) is 48.0 Å². The van der Waals surface area contributed by atoms with Gasteiger partial charge in [-0.3, -0.25) is 0 Å². The second-order valence-corrected chi connectivity index (χ2v) is 6.59. The highest BCUT2D eigenvalue weighted by atomic mass is 16.5. The maximum absolute atomic E-state index is 8.88. The monoisotopic (exact) mass is 377 g/mol. The number of nitrogens with zero attached hydrogens (tertiary/aromatic N) is 5. The molecule has 0 saturated carbocycles. The van der Waals surface area contributed by atoms with E-state index >= 15 is 0 Å². The molecule has 29 heavy (non-hydrogen) atoms. The van der Waals surface area contributed by atoms with E-state index < -0.39 is 0 Å². The lowest BCUT2D eigenvalue weighted by Gasteiger charge is -2.07. The Morgan fingerprint density at radius 3 is 2.69 bits per heavy atom. The number of ether oxygens (including phenoxy) is 1. The summed E-state index contributed by atoms with van der Waals surface area (Å²) in [7, 11) is 0. The van der Waals surface area contributed by atoms with Gasteiger partial charge < -0.3 is 4.74 Å². The van der Waals surface area contributed by atoms with Crippen LogP contribution in [0.3, 0.4) is 0 Å². The summed E-state index contributed by atoms with van der Waals surface area (Å²) in [6.07, 6.45) is 1.69. The van der Waals surface area contributed by atoms with Crippen molar-refractivity contribution < 1.29 is 4.74 Å². The number of hydrogen-bond donors (Lipinski definition) is 0. The molecule has 5 aromatic rings. The van der Waals surface area contributed by atoms with Gasteiger partial charge in [-0.2, -0.15) is 5.26 Å². The molecule has 6 heteroatoms. The van der Waals surface area contributed by atoms with Crippen LogP contribution < -0.4 is 4.74 Å². The maximum atomic E-state index is 8.88. The van der Waals surface area contributed by atoms with E-state index in [2.05, 4.69) is 16.2 Å².